The van der Waals surface area contributed by atoms with E-state index in [0.717, 1.165) is 43.5 Å². The highest BCUT2D eigenvalue weighted by Gasteiger charge is 2.32. The van der Waals surface area contributed by atoms with Gasteiger partial charge in [0.15, 0.2) is 11.0 Å². The van der Waals surface area contributed by atoms with Crippen LogP contribution in [0.5, 0.6) is 0 Å². The molecule has 0 spiro atoms. The van der Waals surface area contributed by atoms with E-state index in [0.29, 0.717) is 6.54 Å². The number of para-hydroxylation sites is 1. The fourth-order valence-electron chi connectivity index (χ4n) is 3.07. The van der Waals surface area contributed by atoms with E-state index in [9.17, 15) is 14.4 Å². The fourth-order valence-corrected chi connectivity index (χ4v) is 3.37. The van der Waals surface area contributed by atoms with Crippen LogP contribution < -0.4 is 20.9 Å². The minimum Gasteiger partial charge on any atom is -0.338 e. The highest BCUT2D eigenvalue weighted by Crippen LogP contribution is 2.07. The quantitative estimate of drug-likeness (QED) is 0.275. The monoisotopic (exact) mass is 403 g/mol. The van der Waals surface area contributed by atoms with Gasteiger partial charge in [-0.25, -0.2) is 4.79 Å². The molecule has 9 nitrogen and oxygen atoms in total. The first-order valence-corrected chi connectivity index (χ1v) is 9.54. The van der Waals surface area contributed by atoms with Crippen LogP contribution in [0.15, 0.2) is 35.3 Å². The molecule has 0 atom stereocenters. The van der Waals surface area contributed by atoms with Gasteiger partial charge in [-0.05, 0) is 24.4 Å². The summed E-state index contributed by atoms with van der Waals surface area (Å²) in [7, 11) is 0. The molecule has 2 fully saturated rings. The molecule has 148 valence electrons. The van der Waals surface area contributed by atoms with E-state index in [1.54, 1.807) is 0 Å². The van der Waals surface area contributed by atoms with E-state index in [1.807, 2.05) is 30.3 Å². The topological polar surface area (TPSA) is 107 Å². The number of hydrogen-bond donors (Lipinski definition) is 4. The normalized spacial score (nSPS) is 18.9. The highest BCUT2D eigenvalue weighted by atomic mass is 32.1. The molecule has 0 aromatic heterocycles. The zero-order valence-electron chi connectivity index (χ0n) is 15.3. The summed E-state index contributed by atoms with van der Waals surface area (Å²) in [5.41, 5.74) is 0.981. The maximum atomic E-state index is 11.6. The summed E-state index contributed by atoms with van der Waals surface area (Å²) in [6.45, 7) is 4.89. The Morgan fingerprint density at radius 1 is 1.18 bits per heavy atom. The van der Waals surface area contributed by atoms with E-state index in [2.05, 4.69) is 25.8 Å². The number of barbiturate groups is 1. The number of aliphatic imine (C=N–C) groups is 1. The number of quaternary nitrogens is 1. The van der Waals surface area contributed by atoms with Crippen LogP contribution >= 0.6 is 12.2 Å². The van der Waals surface area contributed by atoms with Crippen molar-refractivity contribution >= 4 is 47.1 Å². The van der Waals surface area contributed by atoms with Gasteiger partial charge < -0.3 is 15.1 Å². The summed E-state index contributed by atoms with van der Waals surface area (Å²) in [5.74, 6) is -2.33. The summed E-state index contributed by atoms with van der Waals surface area (Å²) < 4.78 is 0. The molecule has 2 aliphatic heterocycles. The molecule has 0 bridgehead atoms. The van der Waals surface area contributed by atoms with Crippen LogP contribution in [0.4, 0.5) is 10.5 Å². The van der Waals surface area contributed by atoms with Gasteiger partial charge in [0.25, 0.3) is 0 Å². The van der Waals surface area contributed by atoms with Crippen molar-refractivity contribution in [2.45, 2.75) is 0 Å². The second kappa shape index (κ2) is 9.38. The number of carbonyl (C=O) groups is 3. The Labute approximate surface area is 168 Å². The number of benzene rings is 1. The molecule has 3 rings (SSSR count). The summed E-state index contributed by atoms with van der Waals surface area (Å²) in [4.78, 5) is 42.0. The SMILES string of the molecule is O=C1NC(=O)C(C=NCC[NH+]2CCN(C(=S)Nc3ccccc3)CC2)C(=O)N1. The van der Waals surface area contributed by atoms with Crippen LogP contribution in [0.3, 0.4) is 0 Å². The first kappa shape index (κ1) is 19.9. The molecule has 0 aliphatic carbocycles. The van der Waals surface area contributed by atoms with E-state index in [-0.39, 0.29) is 0 Å². The third-order valence-corrected chi connectivity index (χ3v) is 5.03. The van der Waals surface area contributed by atoms with Crippen molar-refractivity contribution < 1.29 is 19.3 Å². The van der Waals surface area contributed by atoms with Gasteiger partial charge in [0, 0.05) is 11.9 Å². The maximum absolute atomic E-state index is 11.6. The number of anilines is 1. The van der Waals surface area contributed by atoms with E-state index >= 15 is 0 Å². The fraction of sp³-hybridized carbons (Fsp3) is 0.389. The zero-order chi connectivity index (χ0) is 19.9. The Kier molecular flexibility index (Phi) is 6.66. The minimum absolute atomic E-state index is 0.507. The van der Waals surface area contributed by atoms with Gasteiger partial charge in [-0.1, -0.05) is 18.2 Å². The molecule has 2 saturated heterocycles. The molecule has 0 saturated carbocycles. The van der Waals surface area contributed by atoms with Crippen molar-refractivity contribution in [2.75, 3.05) is 44.6 Å². The molecule has 2 heterocycles. The lowest BCUT2D eigenvalue weighted by molar-refractivity contribution is -0.902. The Morgan fingerprint density at radius 2 is 1.82 bits per heavy atom. The molecule has 0 radical (unpaired) electrons. The highest BCUT2D eigenvalue weighted by molar-refractivity contribution is 7.80. The summed E-state index contributed by atoms with van der Waals surface area (Å²) in [5, 5.41) is 8.09. The smallest absolute Gasteiger partial charge is 0.328 e. The average molecular weight is 403 g/mol. The number of imide groups is 2. The Balaban J connectivity index is 1.37. The molecular weight excluding hydrogens is 380 g/mol. The Morgan fingerprint density at radius 3 is 2.46 bits per heavy atom. The van der Waals surface area contributed by atoms with Gasteiger partial charge in [-0.3, -0.25) is 25.2 Å². The van der Waals surface area contributed by atoms with Crippen LogP contribution in [-0.2, 0) is 9.59 Å². The van der Waals surface area contributed by atoms with Gasteiger partial charge >= 0.3 is 6.03 Å². The molecule has 10 heteroatoms. The minimum atomic E-state index is -1.05. The first-order valence-electron chi connectivity index (χ1n) is 9.13. The van der Waals surface area contributed by atoms with Gasteiger partial charge in [0.05, 0.1) is 39.3 Å². The number of carbonyl (C=O) groups excluding carboxylic acids is 3. The Bertz CT molecular complexity index is 757. The second-order valence-corrected chi connectivity index (χ2v) is 7.01. The number of urea groups is 1. The van der Waals surface area contributed by atoms with Crippen LogP contribution in [0, 0.1) is 5.92 Å². The molecule has 1 aromatic carbocycles. The number of piperazine rings is 1. The van der Waals surface area contributed by atoms with Crippen molar-refractivity contribution in [1.29, 1.82) is 0 Å². The Hall–Kier alpha value is -2.85. The van der Waals surface area contributed by atoms with E-state index in [4.69, 9.17) is 12.2 Å². The van der Waals surface area contributed by atoms with E-state index < -0.39 is 23.8 Å². The van der Waals surface area contributed by atoms with Crippen molar-refractivity contribution in [3.05, 3.63) is 30.3 Å². The van der Waals surface area contributed by atoms with Crippen molar-refractivity contribution in [1.82, 2.24) is 15.5 Å². The number of rotatable bonds is 5. The molecule has 28 heavy (non-hydrogen) atoms. The summed E-state index contributed by atoms with van der Waals surface area (Å²) >= 11 is 5.49. The predicted molar refractivity (Wildman–Crippen MR) is 108 cm³/mol. The number of thiocarbonyl (C=S) groups is 1. The van der Waals surface area contributed by atoms with Crippen LogP contribution in [0.1, 0.15) is 0 Å². The maximum Gasteiger partial charge on any atom is 0.328 e. The molecule has 1 aromatic rings. The van der Waals surface area contributed by atoms with Crippen molar-refractivity contribution in [3.8, 4) is 0 Å². The molecule has 0 unspecified atom stereocenters. The predicted octanol–water partition coefficient (Wildman–Crippen LogP) is -1.36. The third-order valence-electron chi connectivity index (χ3n) is 4.67. The largest absolute Gasteiger partial charge is 0.338 e. The molecule has 4 N–H and O–H groups in total. The standard InChI is InChI=1S/C18H22N6O3S/c25-15-14(16(26)22-17(27)21-15)12-19-6-7-23-8-10-24(11-9-23)18(28)20-13-4-2-1-3-5-13/h1-5,12,14H,6-11H2,(H,20,28)(H2,21,22,25,26,27)/p+1. The van der Waals surface area contributed by atoms with Crippen LogP contribution in [0.2, 0.25) is 0 Å². The third kappa shape index (κ3) is 5.33. The number of amides is 4. The second-order valence-electron chi connectivity index (χ2n) is 6.62. The number of hydrogen-bond acceptors (Lipinski definition) is 5. The average Bonchev–Trinajstić information content (AvgIpc) is 2.68. The lowest BCUT2D eigenvalue weighted by Crippen LogP contribution is -3.15. The molecule has 4 amide bonds. The first-order chi connectivity index (χ1) is 13.5. The summed E-state index contributed by atoms with van der Waals surface area (Å²) in [6, 6.07) is 9.06. The van der Waals surface area contributed by atoms with Crippen LogP contribution in [-0.4, -0.2) is 73.3 Å². The molecular formula is C18H23N6O3S+. The van der Waals surface area contributed by atoms with Gasteiger partial charge in [0.1, 0.15) is 0 Å². The van der Waals surface area contributed by atoms with Crippen molar-refractivity contribution in [2.24, 2.45) is 10.9 Å². The lowest BCUT2D eigenvalue weighted by atomic mass is 10.1. The van der Waals surface area contributed by atoms with Crippen LogP contribution in [0.25, 0.3) is 0 Å². The lowest BCUT2D eigenvalue weighted by Gasteiger charge is -2.33. The molecule has 2 aliphatic rings. The summed E-state index contributed by atoms with van der Waals surface area (Å²) in [6.07, 6.45) is 1.31. The van der Waals surface area contributed by atoms with Gasteiger partial charge in [0.2, 0.25) is 11.8 Å². The van der Waals surface area contributed by atoms with Gasteiger partial charge in [-0.2, -0.15) is 0 Å². The van der Waals surface area contributed by atoms with Gasteiger partial charge in [-0.15, -0.1) is 0 Å². The van der Waals surface area contributed by atoms with E-state index in [1.165, 1.54) is 11.1 Å². The van der Waals surface area contributed by atoms with Crippen molar-refractivity contribution in [3.63, 3.8) is 0 Å². The zero-order valence-corrected chi connectivity index (χ0v) is 16.1. The number of nitrogens with one attached hydrogen (secondary N) is 4. The number of nitrogens with zero attached hydrogens (tertiary/aromatic N) is 2.